The highest BCUT2D eigenvalue weighted by atomic mass is 32.2. The van der Waals surface area contributed by atoms with Crippen LogP contribution in [-0.4, -0.2) is 19.9 Å². The van der Waals surface area contributed by atoms with Crippen LogP contribution in [0.25, 0.3) is 0 Å². The molecule has 0 bridgehead atoms. The summed E-state index contributed by atoms with van der Waals surface area (Å²) in [5.74, 6) is -0.702. The molecule has 0 aliphatic heterocycles. The molecule has 0 aliphatic rings. The smallest absolute Gasteiger partial charge is 0.403 e. The second-order valence-electron chi connectivity index (χ2n) is 2.93. The molecular weight excluding hydrogens is 293 g/mol. The van der Waals surface area contributed by atoms with Gasteiger partial charge in [-0.1, -0.05) is 0 Å². The molecule has 0 saturated carbocycles. The molecule has 0 radical (unpaired) electrons. The van der Waals surface area contributed by atoms with Gasteiger partial charge in [-0.15, -0.1) is 13.2 Å². The van der Waals surface area contributed by atoms with Crippen molar-refractivity contribution in [1.29, 1.82) is 0 Å². The van der Waals surface area contributed by atoms with Crippen LogP contribution >= 0.6 is 12.2 Å². The Morgan fingerprint density at radius 2 is 2.00 bits per heavy atom. The molecule has 1 aromatic rings. The van der Waals surface area contributed by atoms with Crippen molar-refractivity contribution in [3.63, 3.8) is 0 Å². The van der Waals surface area contributed by atoms with E-state index >= 15 is 0 Å². The minimum absolute atomic E-state index is 0.416. The van der Waals surface area contributed by atoms with Crippen molar-refractivity contribution in [3.05, 3.63) is 18.2 Å². The second-order valence-corrected chi connectivity index (χ2v) is 4.67. The van der Waals surface area contributed by atoms with Gasteiger partial charge in [-0.2, -0.15) is 4.99 Å². The van der Waals surface area contributed by atoms with E-state index in [1.54, 1.807) is 0 Å². The molecule has 1 aromatic carbocycles. The van der Waals surface area contributed by atoms with E-state index in [0.717, 1.165) is 18.2 Å². The van der Waals surface area contributed by atoms with Gasteiger partial charge in [-0.25, -0.2) is 13.6 Å². The third kappa shape index (κ3) is 4.08. The molecule has 2 N–H and O–H groups in total. The van der Waals surface area contributed by atoms with Gasteiger partial charge in [-0.3, -0.25) is 0 Å². The third-order valence-corrected chi connectivity index (χ3v) is 2.65. The molecule has 10 heteroatoms. The van der Waals surface area contributed by atoms with Crippen molar-refractivity contribution in [2.45, 2.75) is 11.3 Å². The number of alkyl halides is 3. The lowest BCUT2D eigenvalue weighted by atomic mass is 10.3. The topological polar surface area (TPSA) is 81.8 Å². The molecule has 18 heavy (non-hydrogen) atoms. The standard InChI is InChI=1S/C8H5F3N2O3S2/c9-8(10,11)16-7-2-1-5(18(12,14)15)3-6(7)13-4-17/h1-3H,(H2,12,14,15). The number of nitrogens with two attached hydrogens (primary N) is 1. The maximum absolute atomic E-state index is 12.0. The van der Waals surface area contributed by atoms with E-state index in [4.69, 9.17) is 5.14 Å². The summed E-state index contributed by atoms with van der Waals surface area (Å²) in [7, 11) is -4.06. The molecular formula is C8H5F3N2O3S2. The summed E-state index contributed by atoms with van der Waals surface area (Å²) in [6.07, 6.45) is -4.94. The Balaban J connectivity index is 3.34. The maximum atomic E-state index is 12.0. The molecule has 0 heterocycles. The monoisotopic (exact) mass is 298 g/mol. The summed E-state index contributed by atoms with van der Waals surface area (Å²) in [6, 6.07) is 2.44. The van der Waals surface area contributed by atoms with Crippen molar-refractivity contribution in [2.24, 2.45) is 10.1 Å². The lowest BCUT2D eigenvalue weighted by molar-refractivity contribution is -0.274. The minimum Gasteiger partial charge on any atom is -0.403 e. The molecule has 0 spiro atoms. The number of halogens is 3. The number of aliphatic imine (C=N–C) groups is 1. The molecule has 0 aliphatic carbocycles. The first kappa shape index (κ1) is 14.6. The number of sulfonamides is 1. The zero-order valence-electron chi connectivity index (χ0n) is 8.43. The Morgan fingerprint density at radius 1 is 1.39 bits per heavy atom. The maximum Gasteiger partial charge on any atom is 0.573 e. The first-order valence-electron chi connectivity index (χ1n) is 4.14. The highest BCUT2D eigenvalue weighted by Gasteiger charge is 2.32. The summed E-state index contributed by atoms with van der Waals surface area (Å²) >= 11 is 4.24. The Bertz CT molecular complexity index is 607. The van der Waals surface area contributed by atoms with Crippen LogP contribution < -0.4 is 9.88 Å². The lowest BCUT2D eigenvalue weighted by Gasteiger charge is -2.11. The molecule has 0 unspecified atom stereocenters. The number of nitrogens with zero attached hydrogens (tertiary/aromatic N) is 1. The van der Waals surface area contributed by atoms with E-state index in [-0.39, 0.29) is 0 Å². The number of primary sulfonamides is 1. The van der Waals surface area contributed by atoms with E-state index in [1.165, 1.54) is 0 Å². The van der Waals surface area contributed by atoms with Gasteiger partial charge in [0.05, 0.1) is 10.1 Å². The Morgan fingerprint density at radius 3 is 2.44 bits per heavy atom. The lowest BCUT2D eigenvalue weighted by Crippen LogP contribution is -2.17. The van der Waals surface area contributed by atoms with E-state index in [1.807, 2.05) is 5.16 Å². The van der Waals surface area contributed by atoms with Gasteiger partial charge in [0, 0.05) is 0 Å². The number of isothiocyanates is 1. The Kier molecular flexibility index (Phi) is 4.07. The van der Waals surface area contributed by atoms with Crippen LogP contribution in [0.4, 0.5) is 18.9 Å². The van der Waals surface area contributed by atoms with Gasteiger partial charge < -0.3 is 4.74 Å². The number of thiocarbonyl (C=S) groups is 1. The molecule has 0 aromatic heterocycles. The van der Waals surface area contributed by atoms with E-state index < -0.39 is 32.7 Å². The predicted molar refractivity (Wildman–Crippen MR) is 59.2 cm³/mol. The largest absolute Gasteiger partial charge is 0.573 e. The molecule has 0 fully saturated rings. The fraction of sp³-hybridized carbons (Fsp3) is 0.125. The zero-order valence-corrected chi connectivity index (χ0v) is 10.1. The van der Waals surface area contributed by atoms with Gasteiger partial charge in [0.25, 0.3) is 0 Å². The normalized spacial score (nSPS) is 11.8. The summed E-state index contributed by atoms with van der Waals surface area (Å²) in [5.41, 5.74) is -0.436. The number of ether oxygens (including phenoxy) is 1. The molecule has 5 nitrogen and oxygen atoms in total. The summed E-state index contributed by atoms with van der Waals surface area (Å²) < 4.78 is 61.8. The number of hydrogen-bond acceptors (Lipinski definition) is 5. The highest BCUT2D eigenvalue weighted by molar-refractivity contribution is 7.89. The van der Waals surface area contributed by atoms with Crippen LogP contribution in [0.1, 0.15) is 0 Å². The average Bonchev–Trinajstić information content (AvgIpc) is 2.17. The Hall–Kier alpha value is -1.48. The van der Waals surface area contributed by atoms with Crippen molar-refractivity contribution in [1.82, 2.24) is 0 Å². The summed E-state index contributed by atoms with van der Waals surface area (Å²) in [5, 5.41) is 6.63. The van der Waals surface area contributed by atoms with Crippen molar-refractivity contribution in [2.75, 3.05) is 0 Å². The summed E-state index contributed by atoms with van der Waals surface area (Å²) in [4.78, 5) is 2.87. The van der Waals surface area contributed by atoms with Crippen LogP contribution in [0, 0.1) is 0 Å². The predicted octanol–water partition coefficient (Wildman–Crippen LogP) is 1.97. The van der Waals surface area contributed by atoms with Gasteiger partial charge in [0.2, 0.25) is 10.0 Å². The Labute approximate surface area is 105 Å². The van der Waals surface area contributed by atoms with Crippen LogP contribution in [0.15, 0.2) is 28.1 Å². The quantitative estimate of drug-likeness (QED) is 0.683. The first-order valence-corrected chi connectivity index (χ1v) is 6.09. The molecule has 0 atom stereocenters. The van der Waals surface area contributed by atoms with Gasteiger partial charge >= 0.3 is 6.36 Å². The van der Waals surface area contributed by atoms with Crippen LogP contribution in [0.2, 0.25) is 0 Å². The fourth-order valence-electron chi connectivity index (χ4n) is 1.02. The van der Waals surface area contributed by atoms with Crippen LogP contribution in [0.5, 0.6) is 5.75 Å². The van der Waals surface area contributed by atoms with Crippen molar-refractivity contribution in [3.8, 4) is 5.75 Å². The SMILES string of the molecule is NS(=O)(=O)c1ccc(OC(F)(F)F)c(N=C=S)c1. The number of hydrogen-bond donors (Lipinski definition) is 1. The molecule has 0 amide bonds. The first-order chi connectivity index (χ1) is 8.13. The van der Waals surface area contributed by atoms with E-state index in [9.17, 15) is 21.6 Å². The van der Waals surface area contributed by atoms with E-state index in [0.29, 0.717) is 0 Å². The van der Waals surface area contributed by atoms with Gasteiger partial charge in [0.15, 0.2) is 5.75 Å². The van der Waals surface area contributed by atoms with Crippen molar-refractivity contribution >= 4 is 33.1 Å². The van der Waals surface area contributed by atoms with Gasteiger partial charge in [-0.05, 0) is 30.4 Å². The number of rotatable bonds is 3. The van der Waals surface area contributed by atoms with E-state index in [2.05, 4.69) is 21.9 Å². The molecule has 98 valence electrons. The summed E-state index contributed by atoms with van der Waals surface area (Å²) in [6.45, 7) is 0. The van der Waals surface area contributed by atoms with Crippen LogP contribution in [0.3, 0.4) is 0 Å². The number of benzene rings is 1. The van der Waals surface area contributed by atoms with Crippen molar-refractivity contribution < 1.29 is 26.3 Å². The molecule has 0 saturated heterocycles. The fourth-order valence-corrected chi connectivity index (χ4v) is 1.65. The average molecular weight is 298 g/mol. The third-order valence-electron chi connectivity index (χ3n) is 1.65. The minimum atomic E-state index is -4.94. The second kappa shape index (κ2) is 5.02. The van der Waals surface area contributed by atoms with Crippen LogP contribution in [-0.2, 0) is 10.0 Å². The molecule has 1 rings (SSSR count). The van der Waals surface area contributed by atoms with Gasteiger partial charge in [0.1, 0.15) is 5.69 Å². The zero-order chi connectivity index (χ0) is 14.0. The highest BCUT2D eigenvalue weighted by Crippen LogP contribution is 2.33.